The van der Waals surface area contributed by atoms with Crippen LogP contribution in [0.5, 0.6) is 0 Å². The van der Waals surface area contributed by atoms with E-state index in [1.807, 2.05) is 6.07 Å². The molecule has 3 nitrogen and oxygen atoms in total. The Morgan fingerprint density at radius 2 is 2.00 bits per heavy atom. The molecular formula is C8H8Cl2N2O. The number of para-hydroxylation sites is 1. The summed E-state index contributed by atoms with van der Waals surface area (Å²) in [6, 6.07) is 5.04. The van der Waals surface area contributed by atoms with Gasteiger partial charge in [-0.25, -0.2) is 4.98 Å². The Kier molecular flexibility index (Phi) is 4.45. The summed E-state index contributed by atoms with van der Waals surface area (Å²) in [4.78, 5) is 18.0. The van der Waals surface area contributed by atoms with Crippen LogP contribution in [-0.2, 0) is 0 Å². The van der Waals surface area contributed by atoms with E-state index >= 15 is 0 Å². The number of rotatable bonds is 0. The highest BCUT2D eigenvalue weighted by Crippen LogP contribution is 2.07. The molecule has 0 fully saturated rings. The van der Waals surface area contributed by atoms with Gasteiger partial charge in [0.25, 0.3) is 0 Å². The minimum atomic E-state index is -0.0423. The zero-order chi connectivity index (χ0) is 7.68. The lowest BCUT2D eigenvalue weighted by Crippen LogP contribution is -2.06. The maximum Gasteiger partial charge on any atom is 0.206 e. The Bertz CT molecular complexity index is 402. The minimum absolute atomic E-state index is 0. The first-order valence-electron chi connectivity index (χ1n) is 3.30. The van der Waals surface area contributed by atoms with Crippen molar-refractivity contribution in [1.29, 1.82) is 0 Å². The Balaban J connectivity index is 0.000000720. The molecule has 70 valence electrons. The fourth-order valence-corrected chi connectivity index (χ4v) is 1.01. The second-order valence-corrected chi connectivity index (χ2v) is 2.24. The Hall–Kier alpha value is -1.06. The smallest absolute Gasteiger partial charge is 0.206 e. The molecule has 2 aliphatic rings. The van der Waals surface area contributed by atoms with Gasteiger partial charge in [-0.05, 0) is 12.1 Å². The largest absolute Gasteiger partial charge is 0.358 e. The summed E-state index contributed by atoms with van der Waals surface area (Å²) in [5, 5.41) is 0. The summed E-state index contributed by atoms with van der Waals surface area (Å²) in [6.07, 6.45) is 3.27. The van der Waals surface area contributed by atoms with Crippen molar-refractivity contribution in [1.82, 2.24) is 9.97 Å². The lowest BCUT2D eigenvalue weighted by molar-refractivity contribution is 1.18. The van der Waals surface area contributed by atoms with Crippen LogP contribution in [0.3, 0.4) is 0 Å². The number of fused-ring (bicyclic) bond motifs is 1. The van der Waals surface area contributed by atoms with E-state index in [0.29, 0.717) is 5.69 Å². The van der Waals surface area contributed by atoms with Crippen LogP contribution in [0.25, 0.3) is 11.4 Å². The van der Waals surface area contributed by atoms with Crippen LogP contribution in [0.4, 0.5) is 0 Å². The second kappa shape index (κ2) is 4.84. The van der Waals surface area contributed by atoms with Crippen molar-refractivity contribution in [2.75, 3.05) is 0 Å². The topological polar surface area (TPSA) is 45.8 Å². The third-order valence-electron chi connectivity index (χ3n) is 1.52. The van der Waals surface area contributed by atoms with E-state index in [2.05, 4.69) is 9.97 Å². The molecule has 0 amide bonds. The van der Waals surface area contributed by atoms with Gasteiger partial charge in [-0.3, -0.25) is 4.79 Å². The van der Waals surface area contributed by atoms with Gasteiger partial charge < -0.3 is 4.98 Å². The molecule has 1 heterocycles. The molecule has 0 radical (unpaired) electrons. The molecule has 0 spiro atoms. The van der Waals surface area contributed by atoms with Gasteiger partial charge in [-0.1, -0.05) is 6.07 Å². The van der Waals surface area contributed by atoms with Gasteiger partial charge in [0.1, 0.15) is 5.69 Å². The van der Waals surface area contributed by atoms with Crippen LogP contribution >= 0.6 is 24.8 Å². The fourth-order valence-electron chi connectivity index (χ4n) is 1.01. The van der Waals surface area contributed by atoms with Crippen molar-refractivity contribution in [3.63, 3.8) is 0 Å². The Morgan fingerprint density at radius 3 is 2.69 bits per heavy atom. The zero-order valence-corrected chi connectivity index (χ0v) is 8.19. The molecule has 5 heteroatoms. The molecule has 1 N–H and O–H groups in total. The third-order valence-corrected chi connectivity index (χ3v) is 1.52. The summed E-state index contributed by atoms with van der Waals surface area (Å²) in [6.45, 7) is 0. The normalized spacial score (nSPS) is 8.62. The number of benzene rings is 1. The SMILES string of the molecule is Cl.Cl.O=c1cccc2[nH]ccnc1-2. The predicted octanol–water partition coefficient (Wildman–Crippen LogP) is 1.72. The van der Waals surface area contributed by atoms with Crippen molar-refractivity contribution in [3.8, 4) is 11.4 Å². The first kappa shape index (κ1) is 11.9. The van der Waals surface area contributed by atoms with Crippen molar-refractivity contribution in [2.24, 2.45) is 0 Å². The summed E-state index contributed by atoms with van der Waals surface area (Å²) in [7, 11) is 0. The summed E-state index contributed by atoms with van der Waals surface area (Å²) < 4.78 is 0. The molecule has 0 atom stereocenters. The molecule has 0 aromatic heterocycles. The highest BCUT2D eigenvalue weighted by molar-refractivity contribution is 5.85. The number of nitrogens with zero attached hydrogens (tertiary/aromatic N) is 1. The van der Waals surface area contributed by atoms with Crippen molar-refractivity contribution in [3.05, 3.63) is 40.8 Å². The molecule has 0 unspecified atom stereocenters. The number of H-pyrrole nitrogens is 1. The maximum absolute atomic E-state index is 11.1. The molecule has 0 bridgehead atoms. The van der Waals surface area contributed by atoms with Gasteiger partial charge in [0.05, 0.1) is 5.69 Å². The van der Waals surface area contributed by atoms with E-state index in [9.17, 15) is 4.79 Å². The predicted molar refractivity (Wildman–Crippen MR) is 56.0 cm³/mol. The van der Waals surface area contributed by atoms with Crippen LogP contribution in [0, 0.1) is 0 Å². The van der Waals surface area contributed by atoms with Gasteiger partial charge >= 0.3 is 0 Å². The van der Waals surface area contributed by atoms with Gasteiger partial charge in [0.15, 0.2) is 0 Å². The molecule has 1 aliphatic carbocycles. The lowest BCUT2D eigenvalue weighted by Gasteiger charge is -1.99. The van der Waals surface area contributed by atoms with Crippen LogP contribution in [0.1, 0.15) is 0 Å². The van der Waals surface area contributed by atoms with Crippen LogP contribution in [0.2, 0.25) is 0 Å². The van der Waals surface area contributed by atoms with Crippen LogP contribution in [0.15, 0.2) is 35.4 Å². The molecular weight excluding hydrogens is 211 g/mol. The van der Waals surface area contributed by atoms with E-state index < -0.39 is 0 Å². The van der Waals surface area contributed by atoms with E-state index in [1.165, 1.54) is 6.07 Å². The molecule has 0 aromatic rings. The molecule has 2 rings (SSSR count). The first-order valence-corrected chi connectivity index (χ1v) is 3.30. The third kappa shape index (κ3) is 2.20. The minimum Gasteiger partial charge on any atom is -0.358 e. The highest BCUT2D eigenvalue weighted by Gasteiger charge is 2.03. The van der Waals surface area contributed by atoms with Crippen LogP contribution in [-0.4, -0.2) is 9.97 Å². The maximum atomic E-state index is 11.1. The van der Waals surface area contributed by atoms with Crippen molar-refractivity contribution in [2.45, 2.75) is 0 Å². The monoisotopic (exact) mass is 218 g/mol. The standard InChI is InChI=1S/C8H6N2O.2ClH/c11-7-3-1-2-6-8(7)10-5-4-9-6;;/h1-5,9H;2*1H. The molecule has 0 saturated carbocycles. The molecule has 13 heavy (non-hydrogen) atoms. The van der Waals surface area contributed by atoms with E-state index in [0.717, 1.165) is 5.69 Å². The first-order chi connectivity index (χ1) is 5.38. The Labute approximate surface area is 87.4 Å². The molecule has 0 saturated heterocycles. The molecule has 1 aliphatic heterocycles. The number of halogens is 2. The Morgan fingerprint density at radius 1 is 1.23 bits per heavy atom. The average molecular weight is 219 g/mol. The zero-order valence-electron chi connectivity index (χ0n) is 6.56. The van der Waals surface area contributed by atoms with E-state index in [4.69, 9.17) is 0 Å². The lowest BCUT2D eigenvalue weighted by atomic mass is 10.2. The summed E-state index contributed by atoms with van der Waals surface area (Å²) in [5.41, 5.74) is 1.23. The quantitative estimate of drug-likeness (QED) is 0.733. The highest BCUT2D eigenvalue weighted by atomic mass is 35.5. The number of aromatic nitrogens is 2. The van der Waals surface area contributed by atoms with Crippen molar-refractivity contribution < 1.29 is 0 Å². The number of nitrogens with one attached hydrogen (secondary N) is 1. The van der Waals surface area contributed by atoms with Crippen molar-refractivity contribution >= 4 is 24.8 Å². The number of hydrogen-bond acceptors (Lipinski definition) is 2. The fraction of sp³-hybridized carbons (Fsp3) is 0. The number of hydrogen-bond donors (Lipinski definition) is 1. The second-order valence-electron chi connectivity index (χ2n) is 2.24. The van der Waals surface area contributed by atoms with E-state index in [-0.39, 0.29) is 30.2 Å². The van der Waals surface area contributed by atoms with Gasteiger partial charge in [-0.2, -0.15) is 0 Å². The average Bonchev–Trinajstić information content (AvgIpc) is 2.06. The summed E-state index contributed by atoms with van der Waals surface area (Å²) in [5.74, 6) is 0. The van der Waals surface area contributed by atoms with Gasteiger partial charge in [0.2, 0.25) is 5.43 Å². The molecule has 0 aromatic carbocycles. The van der Waals surface area contributed by atoms with Gasteiger partial charge in [0, 0.05) is 12.4 Å². The number of aromatic amines is 1. The van der Waals surface area contributed by atoms with Gasteiger partial charge in [-0.15, -0.1) is 24.8 Å². The van der Waals surface area contributed by atoms with E-state index in [1.54, 1.807) is 18.5 Å². The van der Waals surface area contributed by atoms with Crippen LogP contribution < -0.4 is 5.43 Å². The summed E-state index contributed by atoms with van der Waals surface area (Å²) >= 11 is 0.